The molecule has 1 rings (SSSR count). The van der Waals surface area contributed by atoms with Crippen LogP contribution in [0.4, 0.5) is 0 Å². The van der Waals surface area contributed by atoms with E-state index in [0.29, 0.717) is 13.0 Å². The van der Waals surface area contributed by atoms with Gasteiger partial charge < -0.3 is 10.8 Å². The number of hydrogen-bond acceptors (Lipinski definition) is 3. The molecule has 1 aliphatic heterocycles. The number of hydrogen-bond donors (Lipinski definition) is 2. The van der Waals surface area contributed by atoms with Crippen LogP contribution in [0.15, 0.2) is 0 Å². The maximum absolute atomic E-state index is 10.8. The van der Waals surface area contributed by atoms with Crippen LogP contribution >= 0.6 is 0 Å². The highest BCUT2D eigenvalue weighted by Gasteiger charge is 2.34. The van der Waals surface area contributed by atoms with Gasteiger partial charge in [0.05, 0.1) is 11.6 Å². The Morgan fingerprint density at radius 3 is 2.67 bits per heavy atom. The summed E-state index contributed by atoms with van der Waals surface area (Å²) in [6.07, 6.45) is 0.713. The molecule has 4 nitrogen and oxygen atoms in total. The number of likely N-dealkylation sites (tertiary alicyclic amines) is 1. The van der Waals surface area contributed by atoms with Gasteiger partial charge in [0.1, 0.15) is 0 Å². The number of amides is 1. The third kappa shape index (κ3) is 1.95. The Labute approximate surface area is 72.3 Å². The third-order valence-electron chi connectivity index (χ3n) is 2.44. The molecule has 70 valence electrons. The number of rotatable bonds is 2. The molecule has 0 aromatic heterocycles. The van der Waals surface area contributed by atoms with E-state index in [4.69, 9.17) is 5.73 Å². The van der Waals surface area contributed by atoms with Gasteiger partial charge in [-0.25, -0.2) is 0 Å². The Bertz CT molecular complexity index is 191. The van der Waals surface area contributed by atoms with E-state index >= 15 is 0 Å². The van der Waals surface area contributed by atoms with Gasteiger partial charge in [-0.3, -0.25) is 9.69 Å². The molecule has 1 amide bonds. The standard InChI is InChI=1S/C8H16N2O2/c1-6(7(9)11)10-4-3-8(2,12)5-10/h6,12H,3-5H2,1-2H3,(H2,9,11). The van der Waals surface area contributed by atoms with Crippen LogP contribution in [-0.4, -0.2) is 40.6 Å². The molecule has 1 fully saturated rings. The summed E-state index contributed by atoms with van der Waals surface area (Å²) in [5.74, 6) is -0.326. The zero-order chi connectivity index (χ0) is 9.35. The van der Waals surface area contributed by atoms with E-state index in [2.05, 4.69) is 0 Å². The second-order valence-electron chi connectivity index (χ2n) is 3.80. The Morgan fingerprint density at radius 2 is 2.33 bits per heavy atom. The van der Waals surface area contributed by atoms with Gasteiger partial charge in [-0.1, -0.05) is 0 Å². The highest BCUT2D eigenvalue weighted by molar-refractivity contribution is 5.79. The first-order valence-corrected chi connectivity index (χ1v) is 4.18. The third-order valence-corrected chi connectivity index (χ3v) is 2.44. The number of aliphatic hydroxyl groups is 1. The normalized spacial score (nSPS) is 33.6. The van der Waals surface area contributed by atoms with E-state index in [0.717, 1.165) is 6.54 Å². The summed E-state index contributed by atoms with van der Waals surface area (Å²) in [6.45, 7) is 4.83. The zero-order valence-electron chi connectivity index (χ0n) is 7.58. The molecular formula is C8H16N2O2. The molecule has 1 saturated heterocycles. The Kier molecular flexibility index (Phi) is 2.39. The fraction of sp³-hybridized carbons (Fsp3) is 0.875. The molecule has 0 radical (unpaired) electrons. The molecule has 3 N–H and O–H groups in total. The van der Waals surface area contributed by atoms with Crippen LogP contribution in [0.2, 0.25) is 0 Å². The van der Waals surface area contributed by atoms with Crippen molar-refractivity contribution in [3.8, 4) is 0 Å². The van der Waals surface area contributed by atoms with Gasteiger partial charge in [-0.2, -0.15) is 0 Å². The maximum atomic E-state index is 10.8. The van der Waals surface area contributed by atoms with Gasteiger partial charge in [0.15, 0.2) is 0 Å². The molecule has 0 aliphatic carbocycles. The van der Waals surface area contributed by atoms with Crippen LogP contribution in [0.5, 0.6) is 0 Å². The Morgan fingerprint density at radius 1 is 1.75 bits per heavy atom. The minimum absolute atomic E-state index is 0.265. The summed E-state index contributed by atoms with van der Waals surface area (Å²) in [6, 6.07) is -0.265. The van der Waals surface area contributed by atoms with Crippen molar-refractivity contribution >= 4 is 5.91 Å². The van der Waals surface area contributed by atoms with Gasteiger partial charge in [0.25, 0.3) is 0 Å². The molecular weight excluding hydrogens is 156 g/mol. The van der Waals surface area contributed by atoms with Gasteiger partial charge in [0.2, 0.25) is 5.91 Å². The molecule has 0 aromatic carbocycles. The van der Waals surface area contributed by atoms with Crippen LogP contribution in [0.3, 0.4) is 0 Å². The van der Waals surface area contributed by atoms with Crippen molar-refractivity contribution in [1.82, 2.24) is 4.90 Å². The predicted molar refractivity (Wildman–Crippen MR) is 45.5 cm³/mol. The summed E-state index contributed by atoms with van der Waals surface area (Å²) in [5, 5.41) is 9.60. The minimum atomic E-state index is -0.649. The zero-order valence-corrected chi connectivity index (χ0v) is 7.58. The lowest BCUT2D eigenvalue weighted by atomic mass is 10.1. The molecule has 0 aromatic rings. The minimum Gasteiger partial charge on any atom is -0.389 e. The average molecular weight is 172 g/mol. The number of β-amino-alcohol motifs (C(OH)–C–C–N with tert-alkyl or cyclic N) is 1. The van der Waals surface area contributed by atoms with Crippen molar-refractivity contribution in [2.24, 2.45) is 5.73 Å². The van der Waals surface area contributed by atoms with Crippen molar-refractivity contribution in [3.05, 3.63) is 0 Å². The van der Waals surface area contributed by atoms with Crippen molar-refractivity contribution in [2.45, 2.75) is 31.9 Å². The monoisotopic (exact) mass is 172 g/mol. The van der Waals surface area contributed by atoms with Crippen LogP contribution in [-0.2, 0) is 4.79 Å². The molecule has 12 heavy (non-hydrogen) atoms. The molecule has 2 unspecified atom stereocenters. The SMILES string of the molecule is CC(C(N)=O)N1CCC(C)(O)C1. The quantitative estimate of drug-likeness (QED) is 0.580. The lowest BCUT2D eigenvalue weighted by Crippen LogP contribution is -2.43. The van der Waals surface area contributed by atoms with Gasteiger partial charge in [-0.15, -0.1) is 0 Å². The van der Waals surface area contributed by atoms with Crippen LogP contribution in [0, 0.1) is 0 Å². The maximum Gasteiger partial charge on any atom is 0.234 e. The molecule has 0 bridgehead atoms. The smallest absolute Gasteiger partial charge is 0.234 e. The van der Waals surface area contributed by atoms with Gasteiger partial charge in [-0.05, 0) is 20.3 Å². The first-order valence-electron chi connectivity index (χ1n) is 4.18. The van der Waals surface area contributed by atoms with E-state index < -0.39 is 5.60 Å². The Balaban J connectivity index is 2.52. The second kappa shape index (κ2) is 3.03. The first-order chi connectivity index (χ1) is 5.42. The van der Waals surface area contributed by atoms with Gasteiger partial charge in [0, 0.05) is 13.1 Å². The van der Waals surface area contributed by atoms with E-state index in [1.807, 2.05) is 4.90 Å². The van der Waals surface area contributed by atoms with Crippen molar-refractivity contribution in [2.75, 3.05) is 13.1 Å². The van der Waals surface area contributed by atoms with Crippen LogP contribution < -0.4 is 5.73 Å². The molecule has 2 atom stereocenters. The summed E-state index contributed by atoms with van der Waals surface area (Å²) < 4.78 is 0. The molecule has 0 saturated carbocycles. The first kappa shape index (κ1) is 9.48. The predicted octanol–water partition coefficient (Wildman–Crippen LogP) is -0.683. The number of carbonyl (C=O) groups is 1. The van der Waals surface area contributed by atoms with E-state index in [-0.39, 0.29) is 11.9 Å². The highest BCUT2D eigenvalue weighted by Crippen LogP contribution is 2.21. The largest absolute Gasteiger partial charge is 0.389 e. The van der Waals surface area contributed by atoms with Crippen molar-refractivity contribution < 1.29 is 9.90 Å². The molecule has 4 heteroatoms. The lowest BCUT2D eigenvalue weighted by molar-refractivity contribution is -0.122. The van der Waals surface area contributed by atoms with Gasteiger partial charge >= 0.3 is 0 Å². The van der Waals surface area contributed by atoms with E-state index in [1.54, 1.807) is 13.8 Å². The fourth-order valence-corrected chi connectivity index (χ4v) is 1.49. The number of nitrogens with two attached hydrogens (primary N) is 1. The summed E-state index contributed by atoms with van der Waals surface area (Å²) in [4.78, 5) is 12.7. The number of nitrogens with zero attached hydrogens (tertiary/aromatic N) is 1. The summed E-state index contributed by atoms with van der Waals surface area (Å²) in [5.41, 5.74) is 4.49. The van der Waals surface area contributed by atoms with Crippen molar-refractivity contribution in [3.63, 3.8) is 0 Å². The molecule has 0 spiro atoms. The van der Waals surface area contributed by atoms with Crippen LogP contribution in [0.1, 0.15) is 20.3 Å². The summed E-state index contributed by atoms with van der Waals surface area (Å²) >= 11 is 0. The summed E-state index contributed by atoms with van der Waals surface area (Å²) in [7, 11) is 0. The molecule has 1 aliphatic rings. The lowest BCUT2D eigenvalue weighted by Gasteiger charge is -2.22. The second-order valence-corrected chi connectivity index (χ2v) is 3.80. The fourth-order valence-electron chi connectivity index (χ4n) is 1.49. The van der Waals surface area contributed by atoms with E-state index in [9.17, 15) is 9.90 Å². The number of primary amides is 1. The topological polar surface area (TPSA) is 66.6 Å². The van der Waals surface area contributed by atoms with E-state index in [1.165, 1.54) is 0 Å². The highest BCUT2D eigenvalue weighted by atomic mass is 16.3. The van der Waals surface area contributed by atoms with Crippen LogP contribution in [0.25, 0.3) is 0 Å². The Hall–Kier alpha value is -0.610. The van der Waals surface area contributed by atoms with Crippen molar-refractivity contribution in [1.29, 1.82) is 0 Å². The average Bonchev–Trinajstić information content (AvgIpc) is 2.28. The number of carbonyl (C=O) groups excluding carboxylic acids is 1. The molecule has 1 heterocycles.